The molecule has 0 saturated carbocycles. The molecule has 2 aromatic carbocycles. The van der Waals surface area contributed by atoms with Crippen molar-refractivity contribution in [2.24, 2.45) is 0 Å². The Morgan fingerprint density at radius 1 is 1.12 bits per heavy atom. The van der Waals surface area contributed by atoms with Gasteiger partial charge in [0.15, 0.2) is 4.96 Å². The van der Waals surface area contributed by atoms with Crippen LogP contribution in [0.4, 0.5) is 5.69 Å². The molecular formula is C17H12ClN3O2S2. The minimum Gasteiger partial charge on any atom is -0.297 e. The third kappa shape index (κ3) is 3.26. The number of rotatable bonds is 4. The van der Waals surface area contributed by atoms with Crippen LogP contribution < -0.4 is 4.72 Å². The number of thiazole rings is 1. The highest BCUT2D eigenvalue weighted by Crippen LogP contribution is 2.25. The van der Waals surface area contributed by atoms with Crippen molar-refractivity contribution in [3.63, 3.8) is 0 Å². The van der Waals surface area contributed by atoms with Crippen LogP contribution in [0.2, 0.25) is 5.02 Å². The summed E-state index contributed by atoms with van der Waals surface area (Å²) in [6.07, 6.45) is 3.85. The summed E-state index contributed by atoms with van der Waals surface area (Å²) in [4.78, 5) is 5.54. The van der Waals surface area contributed by atoms with E-state index in [9.17, 15) is 8.42 Å². The Hall–Kier alpha value is -2.35. The first kappa shape index (κ1) is 16.1. The maximum atomic E-state index is 12.5. The first-order valence-electron chi connectivity index (χ1n) is 7.32. The van der Waals surface area contributed by atoms with Crippen LogP contribution in [0.3, 0.4) is 0 Å². The summed E-state index contributed by atoms with van der Waals surface area (Å²) < 4.78 is 29.5. The Balaban J connectivity index is 1.66. The third-order valence-electron chi connectivity index (χ3n) is 3.61. The van der Waals surface area contributed by atoms with Gasteiger partial charge >= 0.3 is 0 Å². The van der Waals surface area contributed by atoms with Gasteiger partial charge in [0, 0.05) is 34.0 Å². The van der Waals surface area contributed by atoms with E-state index in [1.807, 2.05) is 28.2 Å². The van der Waals surface area contributed by atoms with Crippen LogP contribution in [-0.4, -0.2) is 17.8 Å². The average Bonchev–Trinajstić information content (AvgIpc) is 3.16. The molecule has 0 amide bonds. The van der Waals surface area contributed by atoms with Gasteiger partial charge in [-0.25, -0.2) is 13.4 Å². The van der Waals surface area contributed by atoms with Gasteiger partial charge < -0.3 is 0 Å². The van der Waals surface area contributed by atoms with E-state index in [-0.39, 0.29) is 4.90 Å². The van der Waals surface area contributed by atoms with Gasteiger partial charge in [-0.1, -0.05) is 29.8 Å². The number of nitrogens with zero attached hydrogens (tertiary/aromatic N) is 2. The highest BCUT2D eigenvalue weighted by molar-refractivity contribution is 7.92. The van der Waals surface area contributed by atoms with E-state index in [1.54, 1.807) is 41.7 Å². The van der Waals surface area contributed by atoms with Gasteiger partial charge in [0.25, 0.3) is 10.0 Å². The lowest BCUT2D eigenvalue weighted by molar-refractivity contribution is 0.601. The van der Waals surface area contributed by atoms with E-state index >= 15 is 0 Å². The summed E-state index contributed by atoms with van der Waals surface area (Å²) in [7, 11) is -3.71. The summed E-state index contributed by atoms with van der Waals surface area (Å²) in [6, 6.07) is 13.3. The Morgan fingerprint density at radius 3 is 2.76 bits per heavy atom. The molecule has 25 heavy (non-hydrogen) atoms. The molecule has 0 unspecified atom stereocenters. The SMILES string of the molecule is O=S(=O)(Nc1cccc(-c2cn3ccsc3n2)c1)c1cccc(Cl)c1. The highest BCUT2D eigenvalue weighted by Gasteiger charge is 2.15. The van der Waals surface area contributed by atoms with Gasteiger partial charge in [0.1, 0.15) is 0 Å². The molecule has 1 N–H and O–H groups in total. The van der Waals surface area contributed by atoms with Crippen molar-refractivity contribution in [3.05, 3.63) is 71.3 Å². The van der Waals surface area contributed by atoms with E-state index in [4.69, 9.17) is 11.6 Å². The van der Waals surface area contributed by atoms with Gasteiger partial charge in [-0.05, 0) is 30.3 Å². The second-order valence-corrected chi connectivity index (χ2v) is 8.35. The molecule has 0 bridgehead atoms. The minimum absolute atomic E-state index is 0.118. The van der Waals surface area contributed by atoms with Gasteiger partial charge in [-0.2, -0.15) is 0 Å². The van der Waals surface area contributed by atoms with Crippen molar-refractivity contribution in [2.45, 2.75) is 4.90 Å². The van der Waals surface area contributed by atoms with E-state index < -0.39 is 10.0 Å². The van der Waals surface area contributed by atoms with Crippen LogP contribution in [0, 0.1) is 0 Å². The number of hydrogen-bond donors (Lipinski definition) is 1. The molecule has 8 heteroatoms. The predicted molar refractivity (Wildman–Crippen MR) is 101 cm³/mol. The lowest BCUT2D eigenvalue weighted by Crippen LogP contribution is -2.12. The second kappa shape index (κ2) is 6.18. The van der Waals surface area contributed by atoms with Crippen molar-refractivity contribution in [2.75, 3.05) is 4.72 Å². The zero-order valence-electron chi connectivity index (χ0n) is 12.8. The molecule has 0 radical (unpaired) electrons. The quantitative estimate of drug-likeness (QED) is 0.558. The molecule has 4 aromatic rings. The first-order valence-corrected chi connectivity index (χ1v) is 10.1. The lowest BCUT2D eigenvalue weighted by Gasteiger charge is -2.09. The lowest BCUT2D eigenvalue weighted by atomic mass is 10.1. The van der Waals surface area contributed by atoms with Crippen molar-refractivity contribution in [1.82, 2.24) is 9.38 Å². The van der Waals surface area contributed by atoms with Crippen molar-refractivity contribution >= 4 is 43.6 Å². The molecule has 0 fully saturated rings. The highest BCUT2D eigenvalue weighted by atomic mass is 35.5. The van der Waals surface area contributed by atoms with Gasteiger partial charge in [0.2, 0.25) is 0 Å². The summed E-state index contributed by atoms with van der Waals surface area (Å²) in [5.41, 5.74) is 2.09. The van der Waals surface area contributed by atoms with Crippen LogP contribution in [0.1, 0.15) is 0 Å². The van der Waals surface area contributed by atoms with Crippen molar-refractivity contribution in [1.29, 1.82) is 0 Å². The Morgan fingerprint density at radius 2 is 1.96 bits per heavy atom. The first-order chi connectivity index (χ1) is 12.0. The number of sulfonamides is 1. The molecule has 0 aliphatic rings. The van der Waals surface area contributed by atoms with Crippen molar-refractivity contribution in [3.8, 4) is 11.3 Å². The summed E-state index contributed by atoms with van der Waals surface area (Å²) in [6.45, 7) is 0. The summed E-state index contributed by atoms with van der Waals surface area (Å²) in [5.74, 6) is 0. The Kier molecular flexibility index (Phi) is 3.99. The normalized spacial score (nSPS) is 11.7. The molecule has 2 heterocycles. The van der Waals surface area contributed by atoms with Gasteiger partial charge in [0.05, 0.1) is 10.6 Å². The maximum absolute atomic E-state index is 12.5. The fourth-order valence-corrected chi connectivity index (χ4v) is 4.51. The smallest absolute Gasteiger partial charge is 0.261 e. The van der Waals surface area contributed by atoms with Crippen LogP contribution >= 0.6 is 22.9 Å². The van der Waals surface area contributed by atoms with E-state index in [0.717, 1.165) is 16.2 Å². The molecule has 126 valence electrons. The average molecular weight is 390 g/mol. The monoisotopic (exact) mass is 389 g/mol. The van der Waals surface area contributed by atoms with Gasteiger partial charge in [-0.15, -0.1) is 11.3 Å². The number of fused-ring (bicyclic) bond motifs is 1. The molecule has 0 saturated heterocycles. The molecule has 0 spiro atoms. The molecule has 0 aliphatic carbocycles. The molecule has 0 aliphatic heterocycles. The number of hydrogen-bond acceptors (Lipinski definition) is 4. The Labute approximate surface area is 153 Å². The standard InChI is InChI=1S/C17H12ClN3O2S2/c18-13-4-2-6-15(10-13)25(22,23)20-14-5-1-3-12(9-14)16-11-21-7-8-24-17(21)19-16/h1-11,20H. The summed E-state index contributed by atoms with van der Waals surface area (Å²) >= 11 is 7.43. The molecule has 2 aromatic heterocycles. The fraction of sp³-hybridized carbons (Fsp3) is 0. The second-order valence-electron chi connectivity index (χ2n) is 5.36. The minimum atomic E-state index is -3.71. The molecule has 0 atom stereocenters. The number of benzene rings is 2. The number of anilines is 1. The topological polar surface area (TPSA) is 63.5 Å². The zero-order valence-corrected chi connectivity index (χ0v) is 15.1. The van der Waals surface area contributed by atoms with Crippen LogP contribution in [0.5, 0.6) is 0 Å². The van der Waals surface area contributed by atoms with E-state index in [0.29, 0.717) is 10.7 Å². The van der Waals surface area contributed by atoms with Crippen LogP contribution in [0.25, 0.3) is 16.2 Å². The van der Waals surface area contributed by atoms with Crippen LogP contribution in [0.15, 0.2) is 71.2 Å². The third-order valence-corrected chi connectivity index (χ3v) is 5.99. The van der Waals surface area contributed by atoms with Gasteiger partial charge in [-0.3, -0.25) is 9.12 Å². The van der Waals surface area contributed by atoms with Crippen LogP contribution in [-0.2, 0) is 10.0 Å². The largest absolute Gasteiger partial charge is 0.297 e. The maximum Gasteiger partial charge on any atom is 0.261 e. The molecular weight excluding hydrogens is 378 g/mol. The predicted octanol–water partition coefficient (Wildman–Crippen LogP) is 4.52. The number of aromatic nitrogens is 2. The molecule has 5 nitrogen and oxygen atoms in total. The zero-order chi connectivity index (χ0) is 17.4. The Bertz CT molecular complexity index is 1140. The van der Waals surface area contributed by atoms with Crippen molar-refractivity contribution < 1.29 is 8.42 Å². The number of nitrogens with one attached hydrogen (secondary N) is 1. The van der Waals surface area contributed by atoms with E-state index in [1.165, 1.54) is 12.1 Å². The number of imidazole rings is 1. The fourth-order valence-electron chi connectivity index (χ4n) is 2.46. The molecule has 4 rings (SSSR count). The summed E-state index contributed by atoms with van der Waals surface area (Å²) in [5, 5.41) is 2.33. The number of halogens is 1. The van der Waals surface area contributed by atoms with E-state index in [2.05, 4.69) is 9.71 Å².